The molecule has 0 aliphatic heterocycles. The molecular weight excluding hydrogens is 436 g/mol. The molecule has 0 fully saturated rings. The van der Waals surface area contributed by atoms with E-state index in [9.17, 15) is 9.59 Å². The molecule has 0 aromatic heterocycles. The molecule has 0 aliphatic carbocycles. The summed E-state index contributed by atoms with van der Waals surface area (Å²) in [7, 11) is 0. The van der Waals surface area contributed by atoms with E-state index in [4.69, 9.17) is 9.47 Å². The molecule has 35 heavy (non-hydrogen) atoms. The predicted octanol–water partition coefficient (Wildman–Crippen LogP) is 8.58. The van der Waals surface area contributed by atoms with Crippen LogP contribution in [0.4, 0.5) is 0 Å². The maximum atomic E-state index is 12.7. The Labute approximate surface area is 213 Å². The zero-order valence-electron chi connectivity index (χ0n) is 21.5. The molecule has 0 bridgehead atoms. The molecular formula is C31H46O4. The molecule has 0 amide bonds. The van der Waals surface area contributed by atoms with E-state index in [1.165, 1.54) is 38.5 Å². The monoisotopic (exact) mass is 482 g/mol. The van der Waals surface area contributed by atoms with Gasteiger partial charge in [-0.3, -0.25) is 9.59 Å². The van der Waals surface area contributed by atoms with Crippen LogP contribution in [0, 0.1) is 11.8 Å². The zero-order chi connectivity index (χ0) is 24.8. The molecule has 0 spiro atoms. The lowest BCUT2D eigenvalue weighted by molar-refractivity contribution is 0.0817. The Hall–Kier alpha value is -2.62. The SMILES string of the molecule is C.CCCCC(CC)COc1ccc(C(=O)C(=O)c2ccc(OCC(CC)CCCC)cc2)cc1. The normalized spacial score (nSPS) is 12.3. The van der Waals surface area contributed by atoms with Crippen LogP contribution < -0.4 is 9.47 Å². The lowest BCUT2D eigenvalue weighted by Gasteiger charge is -2.16. The van der Waals surface area contributed by atoms with E-state index >= 15 is 0 Å². The molecule has 0 radical (unpaired) electrons. The lowest BCUT2D eigenvalue weighted by Crippen LogP contribution is -2.15. The molecule has 0 saturated heterocycles. The first kappa shape index (κ1) is 30.4. The number of Topliss-reactive ketones (excluding diaryl/α,β-unsaturated/α-hetero) is 2. The Kier molecular flexibility index (Phi) is 14.7. The van der Waals surface area contributed by atoms with Gasteiger partial charge in [-0.2, -0.15) is 0 Å². The lowest BCUT2D eigenvalue weighted by atomic mass is 10.00. The van der Waals surface area contributed by atoms with Gasteiger partial charge in [-0.05, 0) is 73.2 Å². The second-order valence-corrected chi connectivity index (χ2v) is 9.16. The van der Waals surface area contributed by atoms with Crippen molar-refractivity contribution in [2.45, 2.75) is 86.5 Å². The standard InChI is InChI=1S/C30H42O4.CH4/c1-5-9-11-23(7-3)21-33-27-17-13-25(14-18-27)29(31)30(32)26-15-19-28(20-16-26)34-22-24(8-4)12-10-6-2;/h13-20,23-24H,5-12,21-22H2,1-4H3;1H4. The number of carbonyl (C=O) groups excluding carboxylic acids is 2. The molecule has 2 aromatic carbocycles. The van der Waals surface area contributed by atoms with Gasteiger partial charge in [0.1, 0.15) is 11.5 Å². The maximum Gasteiger partial charge on any atom is 0.233 e. The summed E-state index contributed by atoms with van der Waals surface area (Å²) in [5, 5.41) is 0. The summed E-state index contributed by atoms with van der Waals surface area (Å²) < 4.78 is 11.8. The third kappa shape index (κ3) is 10.3. The van der Waals surface area contributed by atoms with Crippen LogP contribution in [-0.4, -0.2) is 24.8 Å². The van der Waals surface area contributed by atoms with Crippen molar-refractivity contribution in [3.8, 4) is 11.5 Å². The van der Waals surface area contributed by atoms with E-state index in [2.05, 4.69) is 27.7 Å². The van der Waals surface area contributed by atoms with Crippen LogP contribution in [0.2, 0.25) is 0 Å². The Morgan fingerprint density at radius 2 is 0.971 bits per heavy atom. The Balaban J connectivity index is 0.00000612. The Bertz CT molecular complexity index is 781. The van der Waals surface area contributed by atoms with Crippen molar-refractivity contribution in [1.29, 1.82) is 0 Å². The van der Waals surface area contributed by atoms with Crippen LogP contribution in [0.1, 0.15) is 107 Å². The number of ether oxygens (including phenoxy) is 2. The number of hydrogen-bond donors (Lipinski definition) is 0. The van der Waals surface area contributed by atoms with Crippen molar-refractivity contribution >= 4 is 11.6 Å². The van der Waals surface area contributed by atoms with E-state index in [0.717, 1.165) is 24.3 Å². The van der Waals surface area contributed by atoms with Crippen LogP contribution in [0.3, 0.4) is 0 Å². The fraction of sp³-hybridized carbons (Fsp3) is 0.548. The maximum absolute atomic E-state index is 12.7. The number of unbranched alkanes of at least 4 members (excludes halogenated alkanes) is 2. The van der Waals surface area contributed by atoms with Crippen molar-refractivity contribution in [1.82, 2.24) is 0 Å². The van der Waals surface area contributed by atoms with Gasteiger partial charge in [-0.1, -0.05) is 73.6 Å². The third-order valence-electron chi connectivity index (χ3n) is 6.50. The number of benzene rings is 2. The highest BCUT2D eigenvalue weighted by Gasteiger charge is 2.19. The first-order chi connectivity index (χ1) is 16.5. The highest BCUT2D eigenvalue weighted by molar-refractivity contribution is 6.49. The van der Waals surface area contributed by atoms with Gasteiger partial charge in [0, 0.05) is 11.1 Å². The Morgan fingerprint density at radius 3 is 1.26 bits per heavy atom. The summed E-state index contributed by atoms with van der Waals surface area (Å²) in [5.74, 6) is 1.51. The predicted molar refractivity (Wildman–Crippen MR) is 146 cm³/mol. The van der Waals surface area contributed by atoms with Gasteiger partial charge in [0.05, 0.1) is 13.2 Å². The van der Waals surface area contributed by atoms with Crippen LogP contribution in [0.5, 0.6) is 11.5 Å². The Morgan fingerprint density at radius 1 is 0.629 bits per heavy atom. The highest BCUT2D eigenvalue weighted by Crippen LogP contribution is 2.20. The molecule has 4 heteroatoms. The molecule has 2 atom stereocenters. The van der Waals surface area contributed by atoms with Gasteiger partial charge < -0.3 is 9.47 Å². The van der Waals surface area contributed by atoms with Crippen LogP contribution in [-0.2, 0) is 0 Å². The van der Waals surface area contributed by atoms with Crippen molar-refractivity contribution in [2.24, 2.45) is 11.8 Å². The topological polar surface area (TPSA) is 52.6 Å². The van der Waals surface area contributed by atoms with Gasteiger partial charge in [-0.25, -0.2) is 0 Å². The van der Waals surface area contributed by atoms with Crippen molar-refractivity contribution in [3.05, 3.63) is 59.7 Å². The summed E-state index contributed by atoms with van der Waals surface area (Å²) in [4.78, 5) is 25.4. The van der Waals surface area contributed by atoms with Gasteiger partial charge in [0.2, 0.25) is 11.6 Å². The van der Waals surface area contributed by atoms with E-state index in [0.29, 0.717) is 36.2 Å². The van der Waals surface area contributed by atoms with Crippen molar-refractivity contribution in [2.75, 3.05) is 13.2 Å². The average Bonchev–Trinajstić information content (AvgIpc) is 2.88. The largest absolute Gasteiger partial charge is 0.493 e. The van der Waals surface area contributed by atoms with E-state index in [1.54, 1.807) is 48.5 Å². The summed E-state index contributed by atoms with van der Waals surface area (Å²) in [6.45, 7) is 10.1. The smallest absolute Gasteiger partial charge is 0.233 e. The van der Waals surface area contributed by atoms with E-state index in [-0.39, 0.29) is 7.43 Å². The first-order valence-electron chi connectivity index (χ1n) is 13.1. The number of rotatable bonds is 17. The quantitative estimate of drug-likeness (QED) is 0.167. The first-order valence-corrected chi connectivity index (χ1v) is 13.1. The van der Waals surface area contributed by atoms with E-state index < -0.39 is 11.6 Å². The minimum absolute atomic E-state index is 0. The molecule has 0 heterocycles. The molecule has 0 saturated carbocycles. The average molecular weight is 483 g/mol. The van der Waals surface area contributed by atoms with Crippen molar-refractivity contribution < 1.29 is 19.1 Å². The number of hydrogen-bond acceptors (Lipinski definition) is 4. The molecule has 0 N–H and O–H groups in total. The van der Waals surface area contributed by atoms with Gasteiger partial charge in [0.25, 0.3) is 0 Å². The van der Waals surface area contributed by atoms with Crippen LogP contribution >= 0.6 is 0 Å². The summed E-state index contributed by atoms with van der Waals surface area (Å²) in [6.07, 6.45) is 9.32. The molecule has 0 aliphatic rings. The van der Waals surface area contributed by atoms with Crippen LogP contribution in [0.15, 0.2) is 48.5 Å². The fourth-order valence-corrected chi connectivity index (χ4v) is 3.89. The summed E-state index contributed by atoms with van der Waals surface area (Å²) >= 11 is 0. The third-order valence-corrected chi connectivity index (χ3v) is 6.50. The van der Waals surface area contributed by atoms with Gasteiger partial charge >= 0.3 is 0 Å². The van der Waals surface area contributed by atoms with Crippen molar-refractivity contribution in [3.63, 3.8) is 0 Å². The number of carbonyl (C=O) groups is 2. The second-order valence-electron chi connectivity index (χ2n) is 9.16. The molecule has 2 rings (SSSR count). The minimum Gasteiger partial charge on any atom is -0.493 e. The van der Waals surface area contributed by atoms with E-state index in [1.807, 2.05) is 0 Å². The fourth-order valence-electron chi connectivity index (χ4n) is 3.89. The molecule has 2 unspecified atom stereocenters. The highest BCUT2D eigenvalue weighted by atomic mass is 16.5. The summed E-state index contributed by atoms with van der Waals surface area (Å²) in [6, 6.07) is 13.8. The van der Waals surface area contributed by atoms with Gasteiger partial charge in [-0.15, -0.1) is 0 Å². The molecule has 2 aromatic rings. The minimum atomic E-state index is -0.514. The zero-order valence-corrected chi connectivity index (χ0v) is 21.5. The van der Waals surface area contributed by atoms with Crippen LogP contribution in [0.25, 0.3) is 0 Å². The second kappa shape index (κ2) is 16.9. The summed E-state index contributed by atoms with van der Waals surface area (Å²) in [5.41, 5.74) is 0.745. The molecule has 4 nitrogen and oxygen atoms in total. The molecule has 194 valence electrons. The number of ketones is 2. The van der Waals surface area contributed by atoms with Gasteiger partial charge in [0.15, 0.2) is 0 Å².